The standard InChI is InChI=1S/C19H15F2N3O5/c1-3-22(11-7-8-13(20)14(21)9-11)17(25)10(2)23-18(26)12-5-4-6-15(24(28)29)16(12)19(23)27/h4-10H,3H2,1-2H3. The number of anilines is 1. The lowest BCUT2D eigenvalue weighted by Crippen LogP contribution is -2.49. The highest BCUT2D eigenvalue weighted by Crippen LogP contribution is 2.32. The summed E-state index contributed by atoms with van der Waals surface area (Å²) in [5.41, 5.74) is -1.03. The Labute approximate surface area is 163 Å². The molecule has 0 spiro atoms. The van der Waals surface area contributed by atoms with E-state index < -0.39 is 46.0 Å². The summed E-state index contributed by atoms with van der Waals surface area (Å²) in [6.07, 6.45) is 0. The number of halogens is 2. The Morgan fingerprint density at radius 2 is 1.86 bits per heavy atom. The van der Waals surface area contributed by atoms with E-state index in [1.165, 1.54) is 25.1 Å². The zero-order valence-corrected chi connectivity index (χ0v) is 15.4. The van der Waals surface area contributed by atoms with Gasteiger partial charge >= 0.3 is 0 Å². The van der Waals surface area contributed by atoms with Gasteiger partial charge in [0.25, 0.3) is 17.5 Å². The van der Waals surface area contributed by atoms with Crippen LogP contribution in [0.25, 0.3) is 0 Å². The van der Waals surface area contributed by atoms with Crippen molar-refractivity contribution in [3.63, 3.8) is 0 Å². The van der Waals surface area contributed by atoms with Crippen LogP contribution in [0.3, 0.4) is 0 Å². The van der Waals surface area contributed by atoms with Gasteiger partial charge < -0.3 is 4.90 Å². The van der Waals surface area contributed by atoms with Gasteiger partial charge in [0.15, 0.2) is 11.6 Å². The first-order chi connectivity index (χ1) is 13.7. The SMILES string of the molecule is CCN(C(=O)C(C)N1C(=O)c2cccc([N+](=O)[O-])c2C1=O)c1ccc(F)c(F)c1. The Kier molecular flexibility index (Phi) is 5.10. The number of fused-ring (bicyclic) bond motifs is 1. The van der Waals surface area contributed by atoms with Crippen molar-refractivity contribution in [3.05, 3.63) is 69.3 Å². The first kappa shape index (κ1) is 20.1. The third kappa shape index (κ3) is 3.22. The van der Waals surface area contributed by atoms with E-state index in [2.05, 4.69) is 0 Å². The molecule has 1 heterocycles. The van der Waals surface area contributed by atoms with Gasteiger partial charge in [-0.2, -0.15) is 0 Å². The number of hydrogen-bond acceptors (Lipinski definition) is 5. The van der Waals surface area contributed by atoms with Gasteiger partial charge in [-0.1, -0.05) is 6.07 Å². The fourth-order valence-corrected chi connectivity index (χ4v) is 3.24. The van der Waals surface area contributed by atoms with Crippen LogP contribution in [0.15, 0.2) is 36.4 Å². The molecule has 0 saturated carbocycles. The second-order valence-electron chi connectivity index (χ2n) is 6.29. The molecule has 0 N–H and O–H groups in total. The van der Waals surface area contributed by atoms with Crippen LogP contribution in [-0.2, 0) is 4.79 Å². The van der Waals surface area contributed by atoms with Gasteiger partial charge in [0, 0.05) is 24.4 Å². The number of benzene rings is 2. The molecule has 8 nitrogen and oxygen atoms in total. The maximum Gasteiger partial charge on any atom is 0.282 e. The van der Waals surface area contributed by atoms with Crippen LogP contribution >= 0.6 is 0 Å². The molecule has 0 bridgehead atoms. The topological polar surface area (TPSA) is 101 Å². The zero-order chi connectivity index (χ0) is 21.5. The summed E-state index contributed by atoms with van der Waals surface area (Å²) < 4.78 is 26.8. The lowest BCUT2D eigenvalue weighted by atomic mass is 10.1. The van der Waals surface area contributed by atoms with E-state index in [0.29, 0.717) is 4.90 Å². The predicted molar refractivity (Wildman–Crippen MR) is 97.4 cm³/mol. The summed E-state index contributed by atoms with van der Waals surface area (Å²) in [5.74, 6) is -4.76. The zero-order valence-electron chi connectivity index (χ0n) is 15.4. The molecule has 3 rings (SSSR count). The molecule has 0 saturated heterocycles. The number of hydrogen-bond donors (Lipinski definition) is 0. The van der Waals surface area contributed by atoms with Crippen molar-refractivity contribution in [1.29, 1.82) is 0 Å². The molecule has 0 aliphatic carbocycles. The normalized spacial score (nSPS) is 14.0. The Hall–Kier alpha value is -3.69. The first-order valence-electron chi connectivity index (χ1n) is 8.60. The number of nitrogens with zero attached hydrogens (tertiary/aromatic N) is 3. The molecule has 150 valence electrons. The Balaban J connectivity index is 1.96. The van der Waals surface area contributed by atoms with Crippen molar-refractivity contribution in [2.24, 2.45) is 0 Å². The largest absolute Gasteiger partial charge is 0.311 e. The minimum atomic E-state index is -1.32. The van der Waals surface area contributed by atoms with Gasteiger partial charge in [-0.25, -0.2) is 8.78 Å². The van der Waals surface area contributed by atoms with Gasteiger partial charge in [-0.15, -0.1) is 0 Å². The van der Waals surface area contributed by atoms with E-state index in [1.54, 1.807) is 6.92 Å². The number of nitro groups is 1. The summed E-state index contributed by atoms with van der Waals surface area (Å²) in [7, 11) is 0. The molecule has 2 aromatic rings. The molecule has 1 aliphatic rings. The smallest absolute Gasteiger partial charge is 0.282 e. The van der Waals surface area contributed by atoms with Gasteiger partial charge in [0.1, 0.15) is 11.6 Å². The van der Waals surface area contributed by atoms with E-state index >= 15 is 0 Å². The second kappa shape index (κ2) is 7.38. The predicted octanol–water partition coefficient (Wildman–Crippen LogP) is 2.91. The third-order valence-electron chi connectivity index (χ3n) is 4.66. The van der Waals surface area contributed by atoms with E-state index in [0.717, 1.165) is 23.1 Å². The molecule has 1 unspecified atom stereocenters. The fourth-order valence-electron chi connectivity index (χ4n) is 3.24. The Morgan fingerprint density at radius 3 is 2.45 bits per heavy atom. The molecule has 29 heavy (non-hydrogen) atoms. The van der Waals surface area contributed by atoms with Crippen LogP contribution < -0.4 is 4.90 Å². The minimum Gasteiger partial charge on any atom is -0.311 e. The molecular weight excluding hydrogens is 388 g/mol. The van der Waals surface area contributed by atoms with Crippen LogP contribution in [0, 0.1) is 21.7 Å². The van der Waals surface area contributed by atoms with Crippen LogP contribution in [0.5, 0.6) is 0 Å². The summed E-state index contributed by atoms with van der Waals surface area (Å²) in [6.45, 7) is 2.93. The Morgan fingerprint density at radius 1 is 1.17 bits per heavy atom. The van der Waals surface area contributed by atoms with Gasteiger partial charge in [-0.3, -0.25) is 29.4 Å². The number of imide groups is 1. The first-order valence-corrected chi connectivity index (χ1v) is 8.60. The van der Waals surface area contributed by atoms with Crippen molar-refractivity contribution in [1.82, 2.24) is 4.90 Å². The van der Waals surface area contributed by atoms with E-state index in [1.807, 2.05) is 0 Å². The summed E-state index contributed by atoms with van der Waals surface area (Å²) >= 11 is 0. The maximum absolute atomic E-state index is 13.6. The number of rotatable bonds is 5. The van der Waals surface area contributed by atoms with Crippen LogP contribution in [0.2, 0.25) is 0 Å². The van der Waals surface area contributed by atoms with Crippen LogP contribution in [-0.4, -0.2) is 40.1 Å². The molecule has 0 fully saturated rings. The highest BCUT2D eigenvalue weighted by Gasteiger charge is 2.45. The van der Waals surface area contributed by atoms with Crippen molar-refractivity contribution in [2.45, 2.75) is 19.9 Å². The lowest BCUT2D eigenvalue weighted by molar-refractivity contribution is -0.385. The van der Waals surface area contributed by atoms with Crippen molar-refractivity contribution < 1.29 is 28.1 Å². The lowest BCUT2D eigenvalue weighted by Gasteiger charge is -2.28. The highest BCUT2D eigenvalue weighted by molar-refractivity contribution is 6.25. The Bertz CT molecular complexity index is 1060. The van der Waals surface area contributed by atoms with E-state index in [9.17, 15) is 33.3 Å². The highest BCUT2D eigenvalue weighted by atomic mass is 19.2. The number of amides is 3. The number of carbonyl (C=O) groups is 3. The van der Waals surface area contributed by atoms with E-state index in [-0.39, 0.29) is 23.4 Å². The second-order valence-corrected chi connectivity index (χ2v) is 6.29. The molecular formula is C19H15F2N3O5. The monoisotopic (exact) mass is 403 g/mol. The molecule has 0 aromatic heterocycles. The van der Waals surface area contributed by atoms with Crippen molar-refractivity contribution in [3.8, 4) is 0 Å². The van der Waals surface area contributed by atoms with Gasteiger partial charge in [-0.05, 0) is 32.0 Å². The summed E-state index contributed by atoms with van der Waals surface area (Å²) in [4.78, 5) is 50.5. The fraction of sp³-hybridized carbons (Fsp3) is 0.211. The van der Waals surface area contributed by atoms with Crippen LogP contribution in [0.1, 0.15) is 34.6 Å². The number of nitro benzene ring substituents is 1. The number of likely N-dealkylation sites (N-methyl/N-ethyl adjacent to an activating group) is 1. The average Bonchev–Trinajstić information content (AvgIpc) is 2.95. The summed E-state index contributed by atoms with van der Waals surface area (Å²) in [5, 5.41) is 11.2. The van der Waals surface area contributed by atoms with Gasteiger partial charge in [0.05, 0.1) is 10.5 Å². The number of carbonyl (C=O) groups excluding carboxylic acids is 3. The van der Waals surface area contributed by atoms with Crippen LogP contribution in [0.4, 0.5) is 20.2 Å². The van der Waals surface area contributed by atoms with Crippen molar-refractivity contribution in [2.75, 3.05) is 11.4 Å². The molecule has 10 heteroatoms. The minimum absolute atomic E-state index is 0.0471. The molecule has 1 aliphatic heterocycles. The van der Waals surface area contributed by atoms with Gasteiger partial charge in [0.2, 0.25) is 5.91 Å². The molecule has 3 amide bonds. The van der Waals surface area contributed by atoms with E-state index in [4.69, 9.17) is 0 Å². The summed E-state index contributed by atoms with van der Waals surface area (Å²) in [6, 6.07) is 5.20. The molecule has 0 radical (unpaired) electrons. The molecule has 1 atom stereocenters. The quantitative estimate of drug-likeness (QED) is 0.434. The third-order valence-corrected chi connectivity index (χ3v) is 4.66. The average molecular weight is 403 g/mol. The van der Waals surface area contributed by atoms with Crippen molar-refractivity contribution >= 4 is 29.1 Å². The molecule has 2 aromatic carbocycles. The maximum atomic E-state index is 13.6.